The predicted octanol–water partition coefficient (Wildman–Crippen LogP) is 3.14. The molecule has 1 aliphatic carbocycles. The van der Waals surface area contributed by atoms with Gasteiger partial charge < -0.3 is 20.6 Å². The minimum Gasteiger partial charge on any atom is -0.390 e. The Balaban J connectivity index is 1.35. The number of piperidine rings is 1. The first-order valence-electron chi connectivity index (χ1n) is 12.2. The molecule has 2 atom stereocenters. The number of carbonyl (C=O) groups is 1. The van der Waals surface area contributed by atoms with Crippen molar-refractivity contribution in [3.63, 3.8) is 0 Å². The van der Waals surface area contributed by atoms with E-state index in [0.29, 0.717) is 17.8 Å². The summed E-state index contributed by atoms with van der Waals surface area (Å²) in [6, 6.07) is 5.04. The zero-order valence-corrected chi connectivity index (χ0v) is 20.0. The van der Waals surface area contributed by atoms with E-state index in [-0.39, 0.29) is 17.6 Å². The zero-order valence-electron chi connectivity index (χ0n) is 20.0. The van der Waals surface area contributed by atoms with Gasteiger partial charge in [0.15, 0.2) is 0 Å². The fourth-order valence-electron chi connectivity index (χ4n) is 4.52. The number of hydrogen-bond acceptors (Lipinski definition) is 6. The summed E-state index contributed by atoms with van der Waals surface area (Å²) in [6.07, 6.45) is 9.37. The van der Waals surface area contributed by atoms with Crippen LogP contribution in [-0.2, 0) is 0 Å². The molecule has 35 heavy (non-hydrogen) atoms. The van der Waals surface area contributed by atoms with Gasteiger partial charge in [0, 0.05) is 48.8 Å². The molecule has 9 heteroatoms. The summed E-state index contributed by atoms with van der Waals surface area (Å²) in [5.41, 5.74) is 3.90. The summed E-state index contributed by atoms with van der Waals surface area (Å²) in [5, 5.41) is 21.3. The Morgan fingerprint density at radius 1 is 1.17 bits per heavy atom. The number of nitrogens with zero attached hydrogens (tertiary/aromatic N) is 4. The van der Waals surface area contributed by atoms with Crippen molar-refractivity contribution in [2.45, 2.75) is 51.3 Å². The van der Waals surface area contributed by atoms with Crippen molar-refractivity contribution in [1.82, 2.24) is 25.0 Å². The van der Waals surface area contributed by atoms with Crippen LogP contribution in [0.25, 0.3) is 16.8 Å². The van der Waals surface area contributed by atoms with Crippen LogP contribution in [-0.4, -0.2) is 68.5 Å². The maximum Gasteiger partial charge on any atom is 0.254 e. The molecule has 1 aromatic carbocycles. The number of pyridine rings is 1. The van der Waals surface area contributed by atoms with E-state index in [2.05, 4.69) is 32.5 Å². The number of likely N-dealkylation sites (N-methyl/N-ethyl adjacent to an activating group) is 1. The van der Waals surface area contributed by atoms with Gasteiger partial charge in [-0.15, -0.1) is 0 Å². The van der Waals surface area contributed by atoms with E-state index in [1.807, 2.05) is 12.3 Å². The molecular weight excluding hydrogens is 447 g/mol. The Labute approximate surface area is 204 Å². The van der Waals surface area contributed by atoms with Gasteiger partial charge in [-0.05, 0) is 56.5 Å². The van der Waals surface area contributed by atoms with E-state index < -0.39 is 17.8 Å². The highest BCUT2D eigenvalue weighted by atomic mass is 19.1. The Kier molecular flexibility index (Phi) is 6.53. The van der Waals surface area contributed by atoms with Crippen molar-refractivity contribution in [3.8, 4) is 16.8 Å². The molecule has 8 nitrogen and oxygen atoms in total. The van der Waals surface area contributed by atoms with E-state index in [0.717, 1.165) is 49.2 Å². The van der Waals surface area contributed by atoms with Gasteiger partial charge in [0.1, 0.15) is 5.82 Å². The highest BCUT2D eigenvalue weighted by molar-refractivity contribution is 5.95. The third-order valence-electron chi connectivity index (χ3n) is 6.81. The van der Waals surface area contributed by atoms with Gasteiger partial charge in [0.25, 0.3) is 5.91 Å². The molecule has 3 aromatic rings. The van der Waals surface area contributed by atoms with Gasteiger partial charge in [-0.1, -0.05) is 6.92 Å². The van der Waals surface area contributed by atoms with Crippen molar-refractivity contribution in [1.29, 1.82) is 0 Å². The number of hydrogen-bond donors (Lipinski definition) is 3. The van der Waals surface area contributed by atoms with Crippen LogP contribution in [0.4, 0.5) is 10.1 Å². The fourth-order valence-corrected chi connectivity index (χ4v) is 4.52. The number of halogens is 1. The standard InChI is InChI=1S/C26H31FN6O2/c1-3-32-7-6-23(25(34)15-32)30-20-9-17(11-28-13-20)18-12-29-33(14-18)24-10-21(22(27)8-16(24)2)26(35)31-19-4-5-19/h8-14,19,23,25,30,34H,3-7,15H2,1-2H3,(H,31,35)/t23-,25+/m0/s1. The molecule has 2 aromatic heterocycles. The van der Waals surface area contributed by atoms with Gasteiger partial charge in [-0.25, -0.2) is 9.07 Å². The highest BCUT2D eigenvalue weighted by Gasteiger charge is 2.27. The molecule has 1 amide bonds. The Hall–Kier alpha value is -3.30. The summed E-state index contributed by atoms with van der Waals surface area (Å²) in [4.78, 5) is 19.1. The lowest BCUT2D eigenvalue weighted by Crippen LogP contribution is -2.49. The molecule has 184 valence electrons. The number of aryl methyl sites for hydroxylation is 1. The quantitative estimate of drug-likeness (QED) is 0.483. The van der Waals surface area contributed by atoms with E-state index in [1.165, 1.54) is 6.07 Å². The molecular formula is C26H31FN6O2. The first-order valence-corrected chi connectivity index (χ1v) is 12.2. The number of aromatic nitrogens is 3. The van der Waals surface area contributed by atoms with Crippen LogP contribution in [0.2, 0.25) is 0 Å². The number of aliphatic hydroxyl groups excluding tert-OH is 1. The van der Waals surface area contributed by atoms with E-state index in [1.54, 1.807) is 36.3 Å². The number of benzene rings is 1. The van der Waals surface area contributed by atoms with Crippen molar-refractivity contribution >= 4 is 11.6 Å². The van der Waals surface area contributed by atoms with Crippen LogP contribution in [0.1, 0.15) is 42.1 Å². The molecule has 3 N–H and O–H groups in total. The van der Waals surface area contributed by atoms with Gasteiger partial charge in [-0.2, -0.15) is 5.10 Å². The molecule has 0 unspecified atom stereocenters. The van der Waals surface area contributed by atoms with Gasteiger partial charge >= 0.3 is 0 Å². The van der Waals surface area contributed by atoms with E-state index >= 15 is 0 Å². The topological polar surface area (TPSA) is 95.3 Å². The second kappa shape index (κ2) is 9.75. The van der Waals surface area contributed by atoms with Crippen molar-refractivity contribution in [2.24, 2.45) is 0 Å². The fraction of sp³-hybridized carbons (Fsp3) is 0.423. The number of β-amino-alcohol motifs (C(OH)–C–C–N with tert-alkyl or cyclic N) is 1. The first kappa shape index (κ1) is 23.4. The second-order valence-electron chi connectivity index (χ2n) is 9.50. The monoisotopic (exact) mass is 478 g/mol. The Bertz CT molecular complexity index is 1220. The average Bonchev–Trinajstić information content (AvgIpc) is 3.52. The van der Waals surface area contributed by atoms with Crippen LogP contribution in [0, 0.1) is 12.7 Å². The highest BCUT2D eigenvalue weighted by Crippen LogP contribution is 2.26. The third-order valence-corrected chi connectivity index (χ3v) is 6.81. The Morgan fingerprint density at radius 2 is 2.00 bits per heavy atom. The smallest absolute Gasteiger partial charge is 0.254 e. The van der Waals surface area contributed by atoms with Gasteiger partial charge in [0.05, 0.1) is 35.3 Å². The lowest BCUT2D eigenvalue weighted by atomic mass is 10.0. The van der Waals surface area contributed by atoms with Crippen LogP contribution in [0.3, 0.4) is 0 Å². The summed E-state index contributed by atoms with van der Waals surface area (Å²) in [7, 11) is 0. The largest absolute Gasteiger partial charge is 0.390 e. The summed E-state index contributed by atoms with van der Waals surface area (Å²) >= 11 is 0. The van der Waals surface area contributed by atoms with Crippen molar-refractivity contribution < 1.29 is 14.3 Å². The summed E-state index contributed by atoms with van der Waals surface area (Å²) in [6.45, 7) is 6.44. The van der Waals surface area contributed by atoms with Crippen molar-refractivity contribution in [2.75, 3.05) is 25.0 Å². The molecule has 2 aliphatic rings. The van der Waals surface area contributed by atoms with Crippen LogP contribution >= 0.6 is 0 Å². The van der Waals surface area contributed by atoms with Gasteiger partial charge in [-0.3, -0.25) is 9.78 Å². The molecule has 0 bridgehead atoms. The molecule has 1 aliphatic heterocycles. The Morgan fingerprint density at radius 3 is 2.74 bits per heavy atom. The third kappa shape index (κ3) is 5.21. The molecule has 0 radical (unpaired) electrons. The van der Waals surface area contributed by atoms with Crippen LogP contribution in [0.5, 0.6) is 0 Å². The van der Waals surface area contributed by atoms with Crippen LogP contribution in [0.15, 0.2) is 43.0 Å². The lowest BCUT2D eigenvalue weighted by molar-refractivity contribution is 0.0627. The normalized spacial score (nSPS) is 20.6. The number of likely N-dealkylation sites (tertiary alicyclic amines) is 1. The minimum atomic E-state index is -0.535. The molecule has 0 spiro atoms. The zero-order chi connectivity index (χ0) is 24.5. The number of nitrogens with one attached hydrogen (secondary N) is 2. The molecule has 1 saturated carbocycles. The second-order valence-corrected chi connectivity index (χ2v) is 9.50. The number of amides is 1. The summed E-state index contributed by atoms with van der Waals surface area (Å²) < 4.78 is 16.2. The summed E-state index contributed by atoms with van der Waals surface area (Å²) in [5.74, 6) is -0.930. The number of carbonyl (C=O) groups excluding carboxylic acids is 1. The van der Waals surface area contributed by atoms with Gasteiger partial charge in [0.2, 0.25) is 0 Å². The lowest BCUT2D eigenvalue weighted by Gasteiger charge is -2.36. The number of rotatable bonds is 7. The van der Waals surface area contributed by atoms with Crippen molar-refractivity contribution in [3.05, 3.63) is 59.9 Å². The average molecular weight is 479 g/mol. The number of anilines is 1. The maximum absolute atomic E-state index is 14.5. The van der Waals surface area contributed by atoms with Crippen LogP contribution < -0.4 is 10.6 Å². The molecule has 5 rings (SSSR count). The molecule has 2 fully saturated rings. The SMILES string of the molecule is CCN1CC[C@H](Nc2cncc(-c3cnn(-c4cc(C(=O)NC5CC5)c(F)cc4C)c3)c2)[C@H](O)C1. The predicted molar refractivity (Wildman–Crippen MR) is 132 cm³/mol. The van der Waals surface area contributed by atoms with E-state index in [9.17, 15) is 14.3 Å². The maximum atomic E-state index is 14.5. The number of aliphatic hydroxyl groups is 1. The minimum absolute atomic E-state index is 0.0232. The molecule has 3 heterocycles. The molecule has 1 saturated heterocycles. The first-order chi connectivity index (χ1) is 16.9. The van der Waals surface area contributed by atoms with E-state index in [4.69, 9.17) is 0 Å².